The number of halogens is 1. The molecule has 0 radical (unpaired) electrons. The van der Waals surface area contributed by atoms with Gasteiger partial charge in [0.15, 0.2) is 0 Å². The summed E-state index contributed by atoms with van der Waals surface area (Å²) in [5, 5.41) is 15.6. The van der Waals surface area contributed by atoms with Crippen LogP contribution >= 0.6 is 11.6 Å². The average Bonchev–Trinajstić information content (AvgIpc) is 2.74. The Labute approximate surface area is 105 Å². The quantitative estimate of drug-likeness (QED) is 0.689. The van der Waals surface area contributed by atoms with Crippen molar-refractivity contribution >= 4 is 17.5 Å². The Balaban J connectivity index is 2.28. The van der Waals surface area contributed by atoms with Crippen LogP contribution in [0.15, 0.2) is 12.4 Å². The van der Waals surface area contributed by atoms with Crippen molar-refractivity contribution in [3.8, 4) is 0 Å². The van der Waals surface area contributed by atoms with Crippen molar-refractivity contribution in [2.75, 3.05) is 26.4 Å². The number of aromatic nitrogens is 2. The second kappa shape index (κ2) is 7.26. The van der Waals surface area contributed by atoms with Gasteiger partial charge in [0.05, 0.1) is 31.0 Å². The molecule has 1 atom stereocenters. The lowest BCUT2D eigenvalue weighted by Crippen LogP contribution is -2.33. The number of nitrogens with one attached hydrogen (secondary N) is 1. The van der Waals surface area contributed by atoms with Gasteiger partial charge in [0.1, 0.15) is 6.04 Å². The third-order valence-electron chi connectivity index (χ3n) is 2.13. The van der Waals surface area contributed by atoms with Gasteiger partial charge in [-0.15, -0.1) is 0 Å². The van der Waals surface area contributed by atoms with Crippen molar-refractivity contribution in [3.05, 3.63) is 17.4 Å². The highest BCUT2D eigenvalue weighted by Crippen LogP contribution is 2.10. The fourth-order valence-electron chi connectivity index (χ4n) is 1.21. The third-order valence-corrected chi connectivity index (χ3v) is 2.32. The summed E-state index contributed by atoms with van der Waals surface area (Å²) in [6, 6.07) is -0.416. The molecule has 1 heterocycles. The first-order valence-electron chi connectivity index (χ1n) is 5.31. The summed E-state index contributed by atoms with van der Waals surface area (Å²) in [5.41, 5.74) is 0. The molecule has 0 bridgehead atoms. The van der Waals surface area contributed by atoms with Gasteiger partial charge in [-0.05, 0) is 6.92 Å². The number of aliphatic hydroxyl groups excluding tert-OH is 1. The third kappa shape index (κ3) is 4.72. The zero-order valence-electron chi connectivity index (χ0n) is 9.60. The van der Waals surface area contributed by atoms with Gasteiger partial charge in [-0.1, -0.05) is 11.6 Å². The molecule has 0 aromatic carbocycles. The lowest BCUT2D eigenvalue weighted by Gasteiger charge is -2.12. The summed E-state index contributed by atoms with van der Waals surface area (Å²) < 4.78 is 6.51. The maximum absolute atomic E-state index is 11.7. The van der Waals surface area contributed by atoms with E-state index in [0.717, 1.165) is 0 Å². The number of amides is 1. The SMILES string of the molecule is CC(C(=O)NCCOCCO)n1cc(Cl)cn1. The van der Waals surface area contributed by atoms with Crippen LogP contribution in [-0.4, -0.2) is 47.2 Å². The van der Waals surface area contributed by atoms with Crippen molar-refractivity contribution in [2.45, 2.75) is 13.0 Å². The molecule has 0 saturated carbocycles. The van der Waals surface area contributed by atoms with E-state index in [1.807, 2.05) is 0 Å². The zero-order valence-corrected chi connectivity index (χ0v) is 10.4. The highest BCUT2D eigenvalue weighted by Gasteiger charge is 2.14. The number of rotatable bonds is 7. The Hall–Kier alpha value is -1.11. The largest absolute Gasteiger partial charge is 0.394 e. The van der Waals surface area contributed by atoms with Gasteiger partial charge in [-0.2, -0.15) is 5.10 Å². The number of carbonyl (C=O) groups excluding carboxylic acids is 1. The van der Waals surface area contributed by atoms with E-state index in [0.29, 0.717) is 18.2 Å². The average molecular weight is 262 g/mol. The number of aliphatic hydroxyl groups is 1. The van der Waals surface area contributed by atoms with Crippen LogP contribution < -0.4 is 5.32 Å². The monoisotopic (exact) mass is 261 g/mol. The van der Waals surface area contributed by atoms with E-state index in [1.54, 1.807) is 13.1 Å². The van der Waals surface area contributed by atoms with E-state index in [9.17, 15) is 4.79 Å². The molecule has 2 N–H and O–H groups in total. The molecule has 0 aliphatic heterocycles. The van der Waals surface area contributed by atoms with Crippen LogP contribution in [0.2, 0.25) is 5.02 Å². The van der Waals surface area contributed by atoms with Crippen molar-refractivity contribution in [1.82, 2.24) is 15.1 Å². The summed E-state index contributed by atoms with van der Waals surface area (Å²) in [6.07, 6.45) is 3.07. The molecule has 1 amide bonds. The molecule has 96 valence electrons. The predicted octanol–water partition coefficient (Wildman–Crippen LogP) is 0.223. The molecule has 1 aromatic heterocycles. The molecule has 1 unspecified atom stereocenters. The molecule has 0 saturated heterocycles. The fourth-order valence-corrected chi connectivity index (χ4v) is 1.35. The molecule has 1 rings (SSSR count). The second-order valence-electron chi connectivity index (χ2n) is 3.44. The number of carbonyl (C=O) groups is 1. The zero-order chi connectivity index (χ0) is 12.7. The predicted molar refractivity (Wildman–Crippen MR) is 62.9 cm³/mol. The smallest absolute Gasteiger partial charge is 0.244 e. The van der Waals surface area contributed by atoms with Crippen molar-refractivity contribution in [2.24, 2.45) is 0 Å². The summed E-state index contributed by atoms with van der Waals surface area (Å²) in [7, 11) is 0. The number of ether oxygens (including phenoxy) is 1. The first-order chi connectivity index (χ1) is 8.15. The van der Waals surface area contributed by atoms with Crippen LogP contribution in [0.1, 0.15) is 13.0 Å². The Bertz CT molecular complexity index is 356. The molecule has 6 nitrogen and oxygen atoms in total. The minimum Gasteiger partial charge on any atom is -0.394 e. The molecular weight excluding hydrogens is 246 g/mol. The van der Waals surface area contributed by atoms with Gasteiger partial charge in [-0.3, -0.25) is 9.48 Å². The Kier molecular flexibility index (Phi) is 5.96. The highest BCUT2D eigenvalue weighted by molar-refractivity contribution is 6.30. The first-order valence-corrected chi connectivity index (χ1v) is 5.69. The molecule has 0 spiro atoms. The molecule has 1 aromatic rings. The fraction of sp³-hybridized carbons (Fsp3) is 0.600. The maximum atomic E-state index is 11.7. The highest BCUT2D eigenvalue weighted by atomic mass is 35.5. The minimum absolute atomic E-state index is 0.0177. The minimum atomic E-state index is -0.416. The van der Waals surface area contributed by atoms with E-state index in [-0.39, 0.29) is 19.1 Å². The molecule has 17 heavy (non-hydrogen) atoms. The summed E-state index contributed by atoms with van der Waals surface area (Å²) in [5.74, 6) is -0.155. The van der Waals surface area contributed by atoms with E-state index in [2.05, 4.69) is 10.4 Å². The number of hydrogen-bond donors (Lipinski definition) is 2. The van der Waals surface area contributed by atoms with Crippen LogP contribution in [0, 0.1) is 0 Å². The summed E-state index contributed by atoms with van der Waals surface area (Å²) in [6.45, 7) is 2.76. The first kappa shape index (κ1) is 14.0. The van der Waals surface area contributed by atoms with E-state index < -0.39 is 6.04 Å². The lowest BCUT2D eigenvalue weighted by molar-refractivity contribution is -0.124. The van der Waals surface area contributed by atoms with Gasteiger partial charge in [-0.25, -0.2) is 0 Å². The Morgan fingerprint density at radius 3 is 3.06 bits per heavy atom. The normalized spacial score (nSPS) is 12.4. The summed E-state index contributed by atoms with van der Waals surface area (Å²) >= 11 is 5.71. The van der Waals surface area contributed by atoms with Gasteiger partial charge in [0, 0.05) is 12.7 Å². The van der Waals surface area contributed by atoms with Gasteiger partial charge >= 0.3 is 0 Å². The number of nitrogens with zero attached hydrogens (tertiary/aromatic N) is 2. The van der Waals surface area contributed by atoms with Crippen LogP contribution in [0.25, 0.3) is 0 Å². The van der Waals surface area contributed by atoms with E-state index in [1.165, 1.54) is 10.9 Å². The van der Waals surface area contributed by atoms with Gasteiger partial charge in [0.25, 0.3) is 0 Å². The van der Waals surface area contributed by atoms with Crippen molar-refractivity contribution in [1.29, 1.82) is 0 Å². The lowest BCUT2D eigenvalue weighted by atomic mass is 10.3. The van der Waals surface area contributed by atoms with Crippen molar-refractivity contribution in [3.63, 3.8) is 0 Å². The summed E-state index contributed by atoms with van der Waals surface area (Å²) in [4.78, 5) is 11.7. The number of hydrogen-bond acceptors (Lipinski definition) is 4. The van der Waals surface area contributed by atoms with E-state index >= 15 is 0 Å². The van der Waals surface area contributed by atoms with Crippen molar-refractivity contribution < 1.29 is 14.6 Å². The van der Waals surface area contributed by atoms with E-state index in [4.69, 9.17) is 21.4 Å². The van der Waals surface area contributed by atoms with Crippen LogP contribution in [0.4, 0.5) is 0 Å². The van der Waals surface area contributed by atoms with Gasteiger partial charge < -0.3 is 15.2 Å². The standard InChI is InChI=1S/C10H16ClN3O3/c1-8(14-7-9(11)6-13-14)10(16)12-2-4-17-5-3-15/h6-8,15H,2-5H2,1H3,(H,12,16). The molecular formula is C10H16ClN3O3. The molecule has 7 heteroatoms. The second-order valence-corrected chi connectivity index (χ2v) is 3.88. The van der Waals surface area contributed by atoms with Crippen LogP contribution in [0.5, 0.6) is 0 Å². The molecule has 0 aliphatic carbocycles. The van der Waals surface area contributed by atoms with Crippen LogP contribution in [0.3, 0.4) is 0 Å². The molecule has 0 fully saturated rings. The Morgan fingerprint density at radius 2 is 2.47 bits per heavy atom. The van der Waals surface area contributed by atoms with Gasteiger partial charge in [0.2, 0.25) is 5.91 Å². The maximum Gasteiger partial charge on any atom is 0.244 e. The van der Waals surface area contributed by atoms with Crippen LogP contribution in [-0.2, 0) is 9.53 Å². The Morgan fingerprint density at radius 1 is 1.71 bits per heavy atom. The topological polar surface area (TPSA) is 76.4 Å². The molecule has 0 aliphatic rings.